The molecule has 0 aliphatic heterocycles. The highest BCUT2D eigenvalue weighted by Gasteiger charge is 2.10. The predicted octanol–water partition coefficient (Wildman–Crippen LogP) is 4.51. The number of rotatable bonds is 6. The lowest BCUT2D eigenvalue weighted by atomic mass is 10.1. The zero-order valence-electron chi connectivity index (χ0n) is 15.4. The van der Waals surface area contributed by atoms with Crippen molar-refractivity contribution in [2.75, 3.05) is 6.54 Å². The van der Waals surface area contributed by atoms with Crippen molar-refractivity contribution in [1.29, 1.82) is 0 Å². The molecule has 3 aromatic heterocycles. The molecule has 0 radical (unpaired) electrons. The number of hydrogen-bond donors (Lipinski definition) is 1. The molecular formula is C20H18N4O2S2. The van der Waals surface area contributed by atoms with Crippen LogP contribution in [0.15, 0.2) is 46.3 Å². The van der Waals surface area contributed by atoms with Gasteiger partial charge in [0.1, 0.15) is 0 Å². The van der Waals surface area contributed by atoms with Crippen molar-refractivity contribution in [3.8, 4) is 22.0 Å². The number of hydrogen-bond acceptors (Lipinski definition) is 7. The van der Waals surface area contributed by atoms with Crippen molar-refractivity contribution in [3.05, 3.63) is 63.1 Å². The minimum absolute atomic E-state index is 0.0971. The first kappa shape index (κ1) is 18.5. The summed E-state index contributed by atoms with van der Waals surface area (Å²) in [7, 11) is 0. The molecule has 0 fully saturated rings. The van der Waals surface area contributed by atoms with Crippen molar-refractivity contribution in [2.24, 2.45) is 0 Å². The first-order valence-corrected chi connectivity index (χ1v) is 10.5. The van der Waals surface area contributed by atoms with Crippen LogP contribution in [0.1, 0.15) is 26.1 Å². The van der Waals surface area contributed by atoms with Crippen LogP contribution < -0.4 is 5.32 Å². The molecule has 142 valence electrons. The Bertz CT molecular complexity index is 1100. The smallest absolute Gasteiger partial charge is 0.257 e. The van der Waals surface area contributed by atoms with E-state index in [1.807, 2.05) is 19.1 Å². The number of nitrogens with one attached hydrogen (secondary N) is 1. The van der Waals surface area contributed by atoms with Gasteiger partial charge in [0.15, 0.2) is 5.82 Å². The highest BCUT2D eigenvalue weighted by molar-refractivity contribution is 7.16. The average Bonchev–Trinajstić information content (AvgIpc) is 3.43. The molecule has 0 atom stereocenters. The Balaban J connectivity index is 1.31. The van der Waals surface area contributed by atoms with E-state index in [1.54, 1.807) is 41.7 Å². The van der Waals surface area contributed by atoms with E-state index in [1.165, 1.54) is 4.88 Å². The Morgan fingerprint density at radius 2 is 1.93 bits per heavy atom. The summed E-state index contributed by atoms with van der Waals surface area (Å²) in [6, 6.07) is 11.3. The molecule has 4 rings (SSSR count). The van der Waals surface area contributed by atoms with Crippen LogP contribution in [-0.4, -0.2) is 27.6 Å². The summed E-state index contributed by atoms with van der Waals surface area (Å²) in [5.74, 6) is 0.937. The summed E-state index contributed by atoms with van der Waals surface area (Å²) < 4.78 is 5.14. The summed E-state index contributed by atoms with van der Waals surface area (Å²) >= 11 is 3.37. The molecule has 0 bridgehead atoms. The third-order valence-corrected chi connectivity index (χ3v) is 6.05. The zero-order chi connectivity index (χ0) is 19.5. The Morgan fingerprint density at radius 1 is 1.11 bits per heavy atom. The fourth-order valence-electron chi connectivity index (χ4n) is 2.71. The Hall–Kier alpha value is -2.84. The number of aryl methyl sites for hydroxylation is 2. The van der Waals surface area contributed by atoms with E-state index in [4.69, 9.17) is 4.52 Å². The fraction of sp³-hybridized carbons (Fsp3) is 0.200. The maximum atomic E-state index is 12.3. The predicted molar refractivity (Wildman–Crippen MR) is 111 cm³/mol. The molecular weight excluding hydrogens is 392 g/mol. The van der Waals surface area contributed by atoms with Gasteiger partial charge in [-0.05, 0) is 56.7 Å². The van der Waals surface area contributed by atoms with E-state index in [0.29, 0.717) is 23.8 Å². The molecule has 0 saturated heterocycles. The van der Waals surface area contributed by atoms with Crippen molar-refractivity contribution in [2.45, 2.75) is 20.3 Å². The highest BCUT2D eigenvalue weighted by Crippen LogP contribution is 2.29. The number of nitrogens with zero attached hydrogens (tertiary/aromatic N) is 3. The normalized spacial score (nSPS) is 10.9. The van der Waals surface area contributed by atoms with E-state index < -0.39 is 0 Å². The van der Waals surface area contributed by atoms with Gasteiger partial charge in [-0.15, -0.1) is 22.7 Å². The van der Waals surface area contributed by atoms with Crippen LogP contribution in [0.25, 0.3) is 22.0 Å². The van der Waals surface area contributed by atoms with E-state index in [2.05, 4.69) is 38.0 Å². The highest BCUT2D eigenvalue weighted by atomic mass is 32.1. The Kier molecular flexibility index (Phi) is 5.31. The van der Waals surface area contributed by atoms with Crippen molar-refractivity contribution >= 4 is 28.6 Å². The molecule has 1 amide bonds. The third kappa shape index (κ3) is 4.18. The van der Waals surface area contributed by atoms with Crippen molar-refractivity contribution < 1.29 is 9.32 Å². The summed E-state index contributed by atoms with van der Waals surface area (Å²) in [6.45, 7) is 4.36. The van der Waals surface area contributed by atoms with Crippen LogP contribution >= 0.6 is 22.7 Å². The average molecular weight is 411 g/mol. The molecule has 3 heterocycles. The number of thiophene rings is 1. The fourth-order valence-corrected chi connectivity index (χ4v) is 4.36. The SMILES string of the molecule is Cc1noc(-c2ccc(C(=O)NCCc3ccc(-c4csc(C)n4)s3)cc2)n1. The molecule has 0 aliphatic carbocycles. The number of carbonyl (C=O) groups excluding carboxylic acids is 1. The van der Waals surface area contributed by atoms with Gasteiger partial charge in [0.2, 0.25) is 0 Å². The van der Waals surface area contributed by atoms with Crippen LogP contribution in [0.5, 0.6) is 0 Å². The van der Waals surface area contributed by atoms with E-state index in [-0.39, 0.29) is 5.91 Å². The van der Waals surface area contributed by atoms with Gasteiger partial charge < -0.3 is 9.84 Å². The minimum atomic E-state index is -0.0971. The minimum Gasteiger partial charge on any atom is -0.352 e. The van der Waals surface area contributed by atoms with Gasteiger partial charge in [0.05, 0.1) is 15.6 Å². The summed E-state index contributed by atoms with van der Waals surface area (Å²) in [5.41, 5.74) is 2.42. The molecule has 1 N–H and O–H groups in total. The number of thiazole rings is 1. The summed E-state index contributed by atoms with van der Waals surface area (Å²) in [5, 5.41) is 9.88. The second kappa shape index (κ2) is 8.04. The molecule has 8 heteroatoms. The van der Waals surface area contributed by atoms with E-state index >= 15 is 0 Å². The molecule has 0 aliphatic rings. The molecule has 28 heavy (non-hydrogen) atoms. The molecule has 0 saturated carbocycles. The lowest BCUT2D eigenvalue weighted by Gasteiger charge is -2.04. The topological polar surface area (TPSA) is 80.9 Å². The van der Waals surface area contributed by atoms with Gasteiger partial charge in [-0.3, -0.25) is 4.79 Å². The second-order valence-electron chi connectivity index (χ2n) is 6.25. The monoisotopic (exact) mass is 410 g/mol. The van der Waals surface area contributed by atoms with E-state index in [9.17, 15) is 4.79 Å². The first-order chi connectivity index (χ1) is 13.6. The van der Waals surface area contributed by atoms with Gasteiger partial charge in [-0.25, -0.2) is 4.98 Å². The Labute approximate surface area is 170 Å². The van der Waals surface area contributed by atoms with E-state index in [0.717, 1.165) is 27.6 Å². The van der Waals surface area contributed by atoms with Gasteiger partial charge in [-0.1, -0.05) is 5.16 Å². The van der Waals surface area contributed by atoms with Gasteiger partial charge >= 0.3 is 0 Å². The number of carbonyl (C=O) groups is 1. The molecule has 4 aromatic rings. The van der Waals surface area contributed by atoms with Crippen LogP contribution in [0, 0.1) is 13.8 Å². The van der Waals surface area contributed by atoms with Gasteiger partial charge in [-0.2, -0.15) is 4.98 Å². The maximum absolute atomic E-state index is 12.3. The largest absolute Gasteiger partial charge is 0.352 e. The third-order valence-electron chi connectivity index (χ3n) is 4.11. The number of benzene rings is 1. The lowest BCUT2D eigenvalue weighted by Crippen LogP contribution is -2.25. The molecule has 0 spiro atoms. The number of aromatic nitrogens is 3. The summed E-state index contributed by atoms with van der Waals surface area (Å²) in [4.78, 5) is 23.4. The summed E-state index contributed by atoms with van der Waals surface area (Å²) in [6.07, 6.45) is 0.791. The van der Waals surface area contributed by atoms with Crippen LogP contribution in [-0.2, 0) is 6.42 Å². The number of amides is 1. The van der Waals surface area contributed by atoms with Crippen LogP contribution in [0.4, 0.5) is 0 Å². The van der Waals surface area contributed by atoms with Crippen molar-refractivity contribution in [3.63, 3.8) is 0 Å². The molecule has 6 nitrogen and oxygen atoms in total. The molecule has 1 aromatic carbocycles. The standard InChI is InChI=1S/C20H18N4O2S2/c1-12-22-20(26-24-12)15-5-3-14(4-6-15)19(25)21-10-9-16-7-8-18(28-16)17-11-27-13(2)23-17/h3-8,11H,9-10H2,1-2H3,(H,21,25). The van der Waals surface area contributed by atoms with Gasteiger partial charge in [0, 0.05) is 27.9 Å². The lowest BCUT2D eigenvalue weighted by molar-refractivity contribution is 0.0954. The zero-order valence-corrected chi connectivity index (χ0v) is 17.1. The Morgan fingerprint density at radius 3 is 2.61 bits per heavy atom. The van der Waals surface area contributed by atoms with Crippen LogP contribution in [0.2, 0.25) is 0 Å². The van der Waals surface area contributed by atoms with Gasteiger partial charge in [0.25, 0.3) is 11.8 Å². The van der Waals surface area contributed by atoms with Crippen molar-refractivity contribution in [1.82, 2.24) is 20.4 Å². The maximum Gasteiger partial charge on any atom is 0.257 e. The molecule has 0 unspecified atom stereocenters. The quantitative estimate of drug-likeness (QED) is 0.506. The van der Waals surface area contributed by atoms with Crippen LogP contribution in [0.3, 0.4) is 0 Å². The first-order valence-electron chi connectivity index (χ1n) is 8.78. The second-order valence-corrected chi connectivity index (χ2v) is 8.48.